The number of rotatable bonds is 5. The van der Waals surface area contributed by atoms with E-state index in [0.29, 0.717) is 38.3 Å². The molecule has 0 aliphatic carbocycles. The van der Waals surface area contributed by atoms with E-state index >= 15 is 0 Å². The summed E-state index contributed by atoms with van der Waals surface area (Å²) in [6, 6.07) is 4.65. The number of nitrogens with zero attached hydrogens (tertiary/aromatic N) is 5. The van der Waals surface area contributed by atoms with Crippen LogP contribution in [0.1, 0.15) is 55.3 Å². The van der Waals surface area contributed by atoms with Crippen LogP contribution in [-0.2, 0) is 4.79 Å². The molecule has 33 heavy (non-hydrogen) atoms. The van der Waals surface area contributed by atoms with Gasteiger partial charge < -0.3 is 14.7 Å². The lowest BCUT2D eigenvalue weighted by atomic mass is 10.0. The second kappa shape index (κ2) is 11.0. The van der Waals surface area contributed by atoms with Crippen LogP contribution in [-0.4, -0.2) is 90.3 Å². The Bertz CT molecular complexity index is 854. The molecule has 3 fully saturated rings. The second-order valence-electron chi connectivity index (χ2n) is 9.37. The minimum Gasteiger partial charge on any atom is -0.371 e. The largest absolute Gasteiger partial charge is 0.371 e. The lowest BCUT2D eigenvalue weighted by Crippen LogP contribution is -2.51. The van der Waals surface area contributed by atoms with Crippen molar-refractivity contribution in [2.24, 2.45) is 0 Å². The van der Waals surface area contributed by atoms with E-state index < -0.39 is 4.92 Å². The van der Waals surface area contributed by atoms with Gasteiger partial charge in [-0.3, -0.25) is 24.6 Å². The molecule has 0 bridgehead atoms. The molecule has 0 saturated carbocycles. The van der Waals surface area contributed by atoms with Gasteiger partial charge in [0.15, 0.2) is 0 Å². The Labute approximate surface area is 195 Å². The van der Waals surface area contributed by atoms with E-state index in [1.165, 1.54) is 31.4 Å². The highest BCUT2D eigenvalue weighted by molar-refractivity contribution is 6.00. The Morgan fingerprint density at radius 1 is 0.788 bits per heavy atom. The van der Waals surface area contributed by atoms with Gasteiger partial charge in [0.25, 0.3) is 11.6 Å². The summed E-state index contributed by atoms with van der Waals surface area (Å²) < 4.78 is 0. The van der Waals surface area contributed by atoms with Gasteiger partial charge in [-0.1, -0.05) is 12.8 Å². The summed E-state index contributed by atoms with van der Waals surface area (Å²) in [5.74, 6) is 0.0283. The van der Waals surface area contributed by atoms with Crippen molar-refractivity contribution in [2.45, 2.75) is 44.9 Å². The Balaban J connectivity index is 1.40. The standard InChI is InChI=1S/C24H35N5O4/c30-23(27-12-4-1-2-5-13-27)19-25-14-16-28(17-15-25)24(31)21-18-20(29(32)33)8-9-22(21)26-10-6-3-7-11-26/h8-9,18H,1-7,10-17,19H2. The van der Waals surface area contributed by atoms with Crippen molar-refractivity contribution in [3.05, 3.63) is 33.9 Å². The van der Waals surface area contributed by atoms with Crippen LogP contribution in [0.3, 0.4) is 0 Å². The smallest absolute Gasteiger partial charge is 0.270 e. The van der Waals surface area contributed by atoms with Crippen LogP contribution in [0.25, 0.3) is 0 Å². The van der Waals surface area contributed by atoms with E-state index in [4.69, 9.17) is 0 Å². The first kappa shape index (κ1) is 23.5. The number of piperidine rings is 1. The van der Waals surface area contributed by atoms with Gasteiger partial charge >= 0.3 is 0 Å². The first-order chi connectivity index (χ1) is 16.0. The number of non-ortho nitro benzene ring substituents is 1. The molecule has 0 spiro atoms. The minimum atomic E-state index is -0.441. The molecule has 3 saturated heterocycles. The van der Waals surface area contributed by atoms with Crippen LogP contribution >= 0.6 is 0 Å². The Morgan fingerprint density at radius 3 is 2.03 bits per heavy atom. The molecule has 180 valence electrons. The van der Waals surface area contributed by atoms with Gasteiger partial charge in [-0.25, -0.2) is 0 Å². The highest BCUT2D eigenvalue weighted by Crippen LogP contribution is 2.29. The maximum absolute atomic E-state index is 13.4. The summed E-state index contributed by atoms with van der Waals surface area (Å²) >= 11 is 0. The number of amides is 2. The number of anilines is 1. The fourth-order valence-corrected chi connectivity index (χ4v) is 5.11. The average molecular weight is 458 g/mol. The molecule has 3 aliphatic rings. The van der Waals surface area contributed by atoms with Crippen LogP contribution in [0.2, 0.25) is 0 Å². The van der Waals surface area contributed by atoms with Gasteiger partial charge in [0, 0.05) is 64.5 Å². The van der Waals surface area contributed by atoms with Gasteiger partial charge in [-0.15, -0.1) is 0 Å². The van der Waals surface area contributed by atoms with Crippen LogP contribution < -0.4 is 4.90 Å². The number of nitro benzene ring substituents is 1. The van der Waals surface area contributed by atoms with Crippen LogP contribution in [0.4, 0.5) is 11.4 Å². The molecule has 0 atom stereocenters. The molecule has 9 nitrogen and oxygen atoms in total. The number of hydrogen-bond acceptors (Lipinski definition) is 6. The third-order valence-electron chi connectivity index (χ3n) is 7.10. The Hall–Kier alpha value is -2.68. The third-order valence-corrected chi connectivity index (χ3v) is 7.10. The molecular weight excluding hydrogens is 422 g/mol. The SMILES string of the molecule is O=C(CN1CCN(C(=O)c2cc([N+](=O)[O-])ccc2N2CCCCC2)CC1)N1CCCCCC1. The monoisotopic (exact) mass is 457 g/mol. The normalized spacial score (nSPS) is 20.4. The summed E-state index contributed by atoms with van der Waals surface area (Å²) in [5, 5.41) is 11.4. The highest BCUT2D eigenvalue weighted by Gasteiger charge is 2.29. The predicted octanol–water partition coefficient (Wildman–Crippen LogP) is 2.75. The second-order valence-corrected chi connectivity index (χ2v) is 9.37. The number of hydrogen-bond donors (Lipinski definition) is 0. The van der Waals surface area contributed by atoms with E-state index in [9.17, 15) is 19.7 Å². The molecule has 0 aromatic heterocycles. The summed E-state index contributed by atoms with van der Waals surface area (Å²) in [6.07, 6.45) is 7.85. The van der Waals surface area contributed by atoms with Crippen LogP contribution in [0.15, 0.2) is 18.2 Å². The van der Waals surface area contributed by atoms with Crippen LogP contribution in [0, 0.1) is 10.1 Å². The maximum Gasteiger partial charge on any atom is 0.270 e. The van der Waals surface area contributed by atoms with Crippen molar-refractivity contribution >= 4 is 23.2 Å². The number of nitro groups is 1. The zero-order chi connectivity index (χ0) is 23.2. The fraction of sp³-hybridized carbons (Fsp3) is 0.667. The fourth-order valence-electron chi connectivity index (χ4n) is 5.11. The van der Waals surface area contributed by atoms with E-state index in [-0.39, 0.29) is 17.5 Å². The summed E-state index contributed by atoms with van der Waals surface area (Å²) in [6.45, 7) is 6.15. The van der Waals surface area contributed by atoms with Crippen molar-refractivity contribution in [2.75, 3.05) is 63.8 Å². The molecule has 3 aliphatic heterocycles. The first-order valence-electron chi connectivity index (χ1n) is 12.4. The van der Waals surface area contributed by atoms with Crippen molar-refractivity contribution in [1.29, 1.82) is 0 Å². The number of benzene rings is 1. The summed E-state index contributed by atoms with van der Waals surface area (Å²) in [5.41, 5.74) is 1.16. The minimum absolute atomic E-state index is 0.0548. The average Bonchev–Trinajstić information content (AvgIpc) is 3.14. The van der Waals surface area contributed by atoms with E-state index in [2.05, 4.69) is 9.80 Å². The third kappa shape index (κ3) is 5.82. The van der Waals surface area contributed by atoms with Crippen molar-refractivity contribution in [3.8, 4) is 0 Å². The van der Waals surface area contributed by atoms with Crippen molar-refractivity contribution in [3.63, 3.8) is 0 Å². The lowest BCUT2D eigenvalue weighted by Gasteiger charge is -2.36. The van der Waals surface area contributed by atoms with E-state index in [1.54, 1.807) is 11.0 Å². The Kier molecular flexibility index (Phi) is 7.80. The Morgan fingerprint density at radius 2 is 1.39 bits per heavy atom. The zero-order valence-electron chi connectivity index (χ0n) is 19.4. The summed E-state index contributed by atoms with van der Waals surface area (Å²) in [7, 11) is 0. The number of likely N-dealkylation sites (tertiary alicyclic amines) is 1. The molecule has 2 amide bonds. The van der Waals surface area contributed by atoms with Crippen LogP contribution in [0.5, 0.6) is 0 Å². The lowest BCUT2D eigenvalue weighted by molar-refractivity contribution is -0.384. The maximum atomic E-state index is 13.4. The molecule has 9 heteroatoms. The quantitative estimate of drug-likeness (QED) is 0.499. The van der Waals surface area contributed by atoms with E-state index in [0.717, 1.165) is 57.5 Å². The molecule has 0 radical (unpaired) electrons. The number of piperazine rings is 1. The molecule has 4 rings (SSSR count). The molecule has 1 aromatic rings. The molecular formula is C24H35N5O4. The van der Waals surface area contributed by atoms with Gasteiger partial charge in [0.1, 0.15) is 0 Å². The van der Waals surface area contributed by atoms with Gasteiger partial charge in [-0.05, 0) is 38.2 Å². The molecule has 0 N–H and O–H groups in total. The number of carbonyl (C=O) groups is 2. The topological polar surface area (TPSA) is 90.2 Å². The molecule has 1 aromatic carbocycles. The number of carbonyl (C=O) groups excluding carboxylic acids is 2. The van der Waals surface area contributed by atoms with Gasteiger partial charge in [0.05, 0.1) is 22.7 Å². The summed E-state index contributed by atoms with van der Waals surface area (Å²) in [4.78, 5) is 45.1. The predicted molar refractivity (Wildman–Crippen MR) is 127 cm³/mol. The van der Waals surface area contributed by atoms with Crippen molar-refractivity contribution < 1.29 is 14.5 Å². The van der Waals surface area contributed by atoms with Gasteiger partial charge in [0.2, 0.25) is 5.91 Å². The molecule has 0 unspecified atom stereocenters. The van der Waals surface area contributed by atoms with Crippen molar-refractivity contribution in [1.82, 2.24) is 14.7 Å². The van der Waals surface area contributed by atoms with E-state index in [1.807, 2.05) is 4.90 Å². The highest BCUT2D eigenvalue weighted by atomic mass is 16.6. The van der Waals surface area contributed by atoms with Gasteiger partial charge in [-0.2, -0.15) is 0 Å². The molecule has 3 heterocycles. The zero-order valence-corrected chi connectivity index (χ0v) is 19.4. The first-order valence-corrected chi connectivity index (χ1v) is 12.4.